The number of carboxylic acids is 1. The molecule has 4 aliphatic carbocycles. The Morgan fingerprint density at radius 3 is 2.95 bits per heavy atom. The van der Waals surface area contributed by atoms with Crippen LogP contribution in [0, 0.1) is 34.5 Å². The van der Waals surface area contributed by atoms with Crippen LogP contribution < -0.4 is 0 Å². The maximum absolute atomic E-state index is 11.5. The molecule has 0 saturated heterocycles. The highest BCUT2D eigenvalue weighted by molar-refractivity contribution is 5.72. The third-order valence-electron chi connectivity index (χ3n) is 7.31. The number of aliphatic carboxylic acids is 1. The molecule has 0 heterocycles. The lowest BCUT2D eigenvalue weighted by atomic mass is 9.50. The first kappa shape index (κ1) is 14.3. The quantitative estimate of drug-likeness (QED) is 0.568. The van der Waals surface area contributed by atoms with Crippen molar-refractivity contribution in [1.82, 2.24) is 0 Å². The van der Waals surface area contributed by atoms with Gasteiger partial charge in [-0.1, -0.05) is 32.4 Å². The van der Waals surface area contributed by atoms with Gasteiger partial charge in [0.1, 0.15) is 0 Å². The first-order valence-corrected chi connectivity index (χ1v) is 8.82. The first-order chi connectivity index (χ1) is 10.4. The maximum atomic E-state index is 11.5. The van der Waals surface area contributed by atoms with Gasteiger partial charge < -0.3 is 5.11 Å². The average molecular weight is 298 g/mol. The van der Waals surface area contributed by atoms with Crippen LogP contribution in [0.5, 0.6) is 0 Å². The van der Waals surface area contributed by atoms with Crippen LogP contribution in [0.25, 0.3) is 0 Å². The summed E-state index contributed by atoms with van der Waals surface area (Å²) in [6, 6.07) is 0. The van der Waals surface area contributed by atoms with E-state index in [1.807, 2.05) is 0 Å². The zero-order chi connectivity index (χ0) is 15.5. The molecular weight excluding hydrogens is 272 g/mol. The summed E-state index contributed by atoms with van der Waals surface area (Å²) in [4.78, 5) is 11.5. The van der Waals surface area contributed by atoms with Crippen LogP contribution in [0.4, 0.5) is 0 Å². The van der Waals surface area contributed by atoms with E-state index in [1.165, 1.54) is 31.3 Å². The van der Waals surface area contributed by atoms with Gasteiger partial charge in [-0.2, -0.15) is 0 Å². The molecule has 0 radical (unpaired) electrons. The van der Waals surface area contributed by atoms with E-state index in [0.29, 0.717) is 11.3 Å². The van der Waals surface area contributed by atoms with Crippen LogP contribution >= 0.6 is 0 Å². The molecule has 118 valence electrons. The summed E-state index contributed by atoms with van der Waals surface area (Å²) in [5, 5.41) is 9.43. The van der Waals surface area contributed by atoms with Gasteiger partial charge in [0.2, 0.25) is 0 Å². The summed E-state index contributed by atoms with van der Waals surface area (Å²) in [5.74, 6) is 0.990. The van der Waals surface area contributed by atoms with Gasteiger partial charge in [-0.05, 0) is 66.9 Å². The number of hydrogen-bond donors (Lipinski definition) is 1. The van der Waals surface area contributed by atoms with Crippen molar-refractivity contribution in [3.63, 3.8) is 0 Å². The number of allylic oxidation sites excluding steroid dienone is 2. The largest absolute Gasteiger partial charge is 0.481 e. The van der Waals surface area contributed by atoms with Crippen molar-refractivity contribution in [3.8, 4) is 0 Å². The van der Waals surface area contributed by atoms with E-state index >= 15 is 0 Å². The molecule has 0 amide bonds. The van der Waals surface area contributed by atoms with E-state index in [4.69, 9.17) is 0 Å². The molecule has 0 bridgehead atoms. The van der Waals surface area contributed by atoms with Gasteiger partial charge >= 0.3 is 5.97 Å². The molecule has 0 spiro atoms. The minimum atomic E-state index is -0.694. The molecule has 22 heavy (non-hydrogen) atoms. The summed E-state index contributed by atoms with van der Waals surface area (Å²) in [6.07, 6.45) is 13.9. The number of fused-ring (bicyclic) bond motifs is 5. The van der Waals surface area contributed by atoms with Gasteiger partial charge in [-0.15, -0.1) is 5.73 Å². The second-order valence-corrected chi connectivity index (χ2v) is 8.45. The van der Waals surface area contributed by atoms with Crippen molar-refractivity contribution in [2.24, 2.45) is 34.5 Å². The van der Waals surface area contributed by atoms with Gasteiger partial charge in [-0.3, -0.25) is 4.79 Å². The monoisotopic (exact) mass is 298 g/mol. The summed E-state index contributed by atoms with van der Waals surface area (Å²) in [7, 11) is 0. The Bertz CT molecular complexity index is 609. The smallest absolute Gasteiger partial charge is 0.311 e. The number of carbonyl (C=O) groups is 1. The Morgan fingerprint density at radius 2 is 2.18 bits per heavy atom. The van der Waals surface area contributed by atoms with Gasteiger partial charge in [0.05, 0.1) is 5.92 Å². The minimum Gasteiger partial charge on any atom is -0.481 e. The van der Waals surface area contributed by atoms with Crippen LogP contribution in [0.3, 0.4) is 0 Å². The van der Waals surface area contributed by atoms with E-state index < -0.39 is 5.97 Å². The Hall–Kier alpha value is -1.27. The maximum Gasteiger partial charge on any atom is 0.311 e. The van der Waals surface area contributed by atoms with E-state index in [9.17, 15) is 9.90 Å². The van der Waals surface area contributed by atoms with Crippen LogP contribution in [0.2, 0.25) is 0 Å². The summed E-state index contributed by atoms with van der Waals surface area (Å²) < 4.78 is 0. The fourth-order valence-electron chi connectivity index (χ4n) is 6.08. The highest BCUT2D eigenvalue weighted by Crippen LogP contribution is 2.62. The SMILES string of the molecule is C[C@]12CC(C(=O)O)C=C=C1CC[C@@H]1[C@H]2C=C[C@]2(C)CCC[C@@H]12. The molecule has 0 aromatic carbocycles. The lowest BCUT2D eigenvalue weighted by Gasteiger charge is -2.54. The Labute approximate surface area is 133 Å². The Balaban J connectivity index is 1.75. The van der Waals surface area contributed by atoms with E-state index in [2.05, 4.69) is 31.7 Å². The van der Waals surface area contributed by atoms with Crippen molar-refractivity contribution in [2.75, 3.05) is 0 Å². The highest BCUT2D eigenvalue weighted by atomic mass is 16.4. The van der Waals surface area contributed by atoms with Crippen LogP contribution in [-0.4, -0.2) is 11.1 Å². The third kappa shape index (κ3) is 1.83. The van der Waals surface area contributed by atoms with E-state index in [1.54, 1.807) is 6.08 Å². The molecule has 2 fully saturated rings. The third-order valence-corrected chi connectivity index (χ3v) is 7.31. The zero-order valence-electron chi connectivity index (χ0n) is 13.6. The molecule has 0 aromatic rings. The van der Waals surface area contributed by atoms with Gasteiger partial charge in [0.15, 0.2) is 0 Å². The Morgan fingerprint density at radius 1 is 1.36 bits per heavy atom. The molecule has 0 aromatic heterocycles. The molecule has 1 unspecified atom stereocenters. The fraction of sp³-hybridized carbons (Fsp3) is 0.700. The first-order valence-electron chi connectivity index (χ1n) is 8.82. The Kier molecular flexibility index (Phi) is 3.01. The summed E-state index contributed by atoms with van der Waals surface area (Å²) >= 11 is 0. The van der Waals surface area contributed by atoms with Crippen molar-refractivity contribution >= 4 is 5.97 Å². The molecule has 4 rings (SSSR count). The fourth-order valence-corrected chi connectivity index (χ4v) is 6.08. The zero-order valence-corrected chi connectivity index (χ0v) is 13.6. The molecular formula is C20H26O2. The normalized spacial score (nSPS) is 49.1. The number of hydrogen-bond acceptors (Lipinski definition) is 1. The van der Waals surface area contributed by atoms with E-state index in [0.717, 1.165) is 24.7 Å². The molecule has 2 heteroatoms. The van der Waals surface area contributed by atoms with Gasteiger partial charge in [0.25, 0.3) is 0 Å². The van der Waals surface area contributed by atoms with Crippen molar-refractivity contribution in [1.29, 1.82) is 0 Å². The van der Waals surface area contributed by atoms with Crippen LogP contribution in [-0.2, 0) is 4.79 Å². The van der Waals surface area contributed by atoms with Crippen molar-refractivity contribution in [2.45, 2.75) is 52.4 Å². The number of carboxylic acid groups (broad SMARTS) is 1. The van der Waals surface area contributed by atoms with Crippen molar-refractivity contribution < 1.29 is 9.90 Å². The predicted molar refractivity (Wildman–Crippen MR) is 86.2 cm³/mol. The standard InChI is InChI=1S/C20H26O2/c1-19-10-3-4-16(19)15-8-7-14-6-5-13(18(21)22)12-20(14,2)17(15)9-11-19/h5,9,11,13,15-17H,3-4,7-8,10,12H2,1-2H3,(H,21,22)/t13?,15-,16-,17+,19-,20-/m0/s1. The lowest BCUT2D eigenvalue weighted by molar-refractivity contribution is -0.141. The van der Waals surface area contributed by atoms with Gasteiger partial charge in [-0.25, -0.2) is 0 Å². The minimum absolute atomic E-state index is 0.00113. The van der Waals surface area contributed by atoms with Crippen LogP contribution in [0.15, 0.2) is 29.5 Å². The summed E-state index contributed by atoms with van der Waals surface area (Å²) in [5.41, 5.74) is 5.14. The second-order valence-electron chi connectivity index (χ2n) is 8.45. The number of rotatable bonds is 1. The predicted octanol–water partition coefficient (Wildman–Crippen LogP) is 4.58. The second kappa shape index (κ2) is 4.61. The molecule has 6 atom stereocenters. The molecule has 4 aliphatic rings. The molecule has 2 saturated carbocycles. The van der Waals surface area contributed by atoms with Crippen LogP contribution in [0.1, 0.15) is 52.4 Å². The van der Waals surface area contributed by atoms with E-state index in [-0.39, 0.29) is 11.3 Å². The topological polar surface area (TPSA) is 37.3 Å². The molecule has 0 aliphatic heterocycles. The van der Waals surface area contributed by atoms with Gasteiger partial charge in [0, 0.05) is 5.41 Å². The molecule has 1 N–H and O–H groups in total. The average Bonchev–Trinajstić information content (AvgIpc) is 2.87. The summed E-state index contributed by atoms with van der Waals surface area (Å²) in [6.45, 7) is 4.74. The lowest BCUT2D eigenvalue weighted by Crippen LogP contribution is -2.47. The van der Waals surface area contributed by atoms with Crippen molar-refractivity contribution in [3.05, 3.63) is 29.5 Å². The molecule has 2 nitrogen and oxygen atoms in total. The highest BCUT2D eigenvalue weighted by Gasteiger charge is 2.54.